The van der Waals surface area contributed by atoms with Crippen molar-refractivity contribution in [1.82, 2.24) is 9.21 Å². The second-order valence-electron chi connectivity index (χ2n) is 6.20. The van der Waals surface area contributed by atoms with E-state index in [0.29, 0.717) is 13.1 Å². The molecule has 132 valence electrons. The maximum atomic E-state index is 12.6. The highest BCUT2D eigenvalue weighted by Crippen LogP contribution is 2.31. The molecule has 1 aliphatic heterocycles. The number of carbonyl (C=O) groups excluding carboxylic acids is 1. The molecule has 1 saturated heterocycles. The standard InChI is InChI=1S/C15H20N2O6S/c1-10-13(24(21,22)16-6-2-3-7-16)8-12(23-10)15(20)17(9-14(18)19)11-4-5-11/h8,11H,2-7,9H2,1H3,(H,18,19). The molecule has 0 unspecified atom stereocenters. The van der Waals surface area contributed by atoms with Gasteiger partial charge in [-0.15, -0.1) is 0 Å². The minimum absolute atomic E-state index is 0.0150. The van der Waals surface area contributed by atoms with Gasteiger partial charge >= 0.3 is 5.97 Å². The molecule has 24 heavy (non-hydrogen) atoms. The molecule has 1 saturated carbocycles. The summed E-state index contributed by atoms with van der Waals surface area (Å²) < 4.78 is 32.0. The minimum Gasteiger partial charge on any atom is -0.480 e. The lowest BCUT2D eigenvalue weighted by atomic mass is 10.3. The third kappa shape index (κ3) is 3.18. The van der Waals surface area contributed by atoms with E-state index in [1.165, 1.54) is 22.2 Å². The first-order valence-corrected chi connectivity index (χ1v) is 9.38. The van der Waals surface area contributed by atoms with Gasteiger partial charge in [-0.25, -0.2) is 8.42 Å². The van der Waals surface area contributed by atoms with Gasteiger partial charge in [0.15, 0.2) is 5.76 Å². The molecule has 1 aromatic rings. The molecule has 3 rings (SSSR count). The first kappa shape index (κ1) is 17.0. The monoisotopic (exact) mass is 356 g/mol. The van der Waals surface area contributed by atoms with Crippen LogP contribution < -0.4 is 0 Å². The predicted octanol–water partition coefficient (Wildman–Crippen LogP) is 1.06. The highest BCUT2D eigenvalue weighted by molar-refractivity contribution is 7.89. The summed E-state index contributed by atoms with van der Waals surface area (Å²) in [5.41, 5.74) is 0. The fourth-order valence-corrected chi connectivity index (χ4v) is 4.61. The van der Waals surface area contributed by atoms with E-state index in [1.54, 1.807) is 0 Å². The highest BCUT2D eigenvalue weighted by Gasteiger charge is 2.37. The second kappa shape index (κ2) is 6.21. The number of furan rings is 1. The summed E-state index contributed by atoms with van der Waals surface area (Å²) in [6.07, 6.45) is 3.13. The number of hydrogen-bond acceptors (Lipinski definition) is 5. The van der Waals surface area contributed by atoms with Gasteiger partial charge in [-0.2, -0.15) is 4.31 Å². The van der Waals surface area contributed by atoms with E-state index in [0.717, 1.165) is 25.7 Å². The van der Waals surface area contributed by atoms with E-state index < -0.39 is 28.4 Å². The Bertz CT molecular complexity index is 759. The number of nitrogens with zero attached hydrogens (tertiary/aromatic N) is 2. The number of rotatable bonds is 6. The van der Waals surface area contributed by atoms with Crippen LogP contribution in [0.1, 0.15) is 42.0 Å². The zero-order valence-electron chi connectivity index (χ0n) is 13.4. The number of amides is 1. The predicted molar refractivity (Wildman–Crippen MR) is 83.1 cm³/mol. The maximum Gasteiger partial charge on any atom is 0.323 e. The number of carboxylic acid groups (broad SMARTS) is 1. The van der Waals surface area contributed by atoms with Crippen LogP contribution in [0, 0.1) is 6.92 Å². The molecule has 0 radical (unpaired) electrons. The van der Waals surface area contributed by atoms with E-state index in [9.17, 15) is 18.0 Å². The van der Waals surface area contributed by atoms with Crippen LogP contribution in [0.2, 0.25) is 0 Å². The van der Waals surface area contributed by atoms with Gasteiger partial charge in [0.25, 0.3) is 5.91 Å². The largest absolute Gasteiger partial charge is 0.480 e. The summed E-state index contributed by atoms with van der Waals surface area (Å²) in [5, 5.41) is 8.96. The van der Waals surface area contributed by atoms with E-state index >= 15 is 0 Å². The van der Waals surface area contributed by atoms with Crippen molar-refractivity contribution in [2.75, 3.05) is 19.6 Å². The van der Waals surface area contributed by atoms with E-state index in [-0.39, 0.29) is 22.5 Å². The number of carboxylic acids is 1. The number of aryl methyl sites for hydroxylation is 1. The molecule has 8 nitrogen and oxygen atoms in total. The highest BCUT2D eigenvalue weighted by atomic mass is 32.2. The van der Waals surface area contributed by atoms with Crippen molar-refractivity contribution in [2.45, 2.75) is 43.5 Å². The lowest BCUT2D eigenvalue weighted by Gasteiger charge is -2.18. The average molecular weight is 356 g/mol. The molecular formula is C15H20N2O6S. The van der Waals surface area contributed by atoms with Crippen molar-refractivity contribution < 1.29 is 27.5 Å². The zero-order chi connectivity index (χ0) is 17.5. The Kier molecular flexibility index (Phi) is 4.39. The van der Waals surface area contributed by atoms with Gasteiger partial charge in [-0.05, 0) is 32.6 Å². The fraction of sp³-hybridized carbons (Fsp3) is 0.600. The van der Waals surface area contributed by atoms with Crippen LogP contribution in [0.15, 0.2) is 15.4 Å². The van der Waals surface area contributed by atoms with Crippen molar-refractivity contribution in [3.05, 3.63) is 17.6 Å². The van der Waals surface area contributed by atoms with Crippen LogP contribution in [0.4, 0.5) is 0 Å². The quantitative estimate of drug-likeness (QED) is 0.816. The molecule has 1 aromatic heterocycles. The normalized spacial score (nSPS) is 18.7. The summed E-state index contributed by atoms with van der Waals surface area (Å²) in [4.78, 5) is 24.7. The van der Waals surface area contributed by atoms with Crippen LogP contribution in [0.5, 0.6) is 0 Å². The first-order chi connectivity index (χ1) is 11.3. The van der Waals surface area contributed by atoms with Crippen LogP contribution in [0.25, 0.3) is 0 Å². The summed E-state index contributed by atoms with van der Waals surface area (Å²) in [7, 11) is -3.68. The molecule has 0 aromatic carbocycles. The van der Waals surface area contributed by atoms with E-state index in [1.807, 2.05) is 0 Å². The van der Waals surface area contributed by atoms with Crippen molar-refractivity contribution >= 4 is 21.9 Å². The van der Waals surface area contributed by atoms with Gasteiger partial charge < -0.3 is 14.4 Å². The molecule has 2 heterocycles. The van der Waals surface area contributed by atoms with E-state index in [2.05, 4.69) is 0 Å². The second-order valence-corrected chi connectivity index (χ2v) is 8.11. The Morgan fingerprint density at radius 1 is 1.33 bits per heavy atom. The Labute approximate surface area is 140 Å². The average Bonchev–Trinajstić information content (AvgIpc) is 3.03. The smallest absolute Gasteiger partial charge is 0.323 e. The molecular weight excluding hydrogens is 336 g/mol. The molecule has 0 bridgehead atoms. The lowest BCUT2D eigenvalue weighted by molar-refractivity contribution is -0.137. The molecule has 1 N–H and O–H groups in total. The van der Waals surface area contributed by atoms with Crippen molar-refractivity contribution in [3.63, 3.8) is 0 Å². The van der Waals surface area contributed by atoms with Crippen molar-refractivity contribution in [2.24, 2.45) is 0 Å². The third-order valence-corrected chi connectivity index (χ3v) is 6.33. The Hall–Kier alpha value is -1.87. The van der Waals surface area contributed by atoms with Gasteiger partial charge in [0.05, 0.1) is 0 Å². The van der Waals surface area contributed by atoms with Gasteiger partial charge in [0.1, 0.15) is 17.2 Å². The van der Waals surface area contributed by atoms with Gasteiger partial charge in [-0.1, -0.05) is 0 Å². The van der Waals surface area contributed by atoms with Crippen LogP contribution >= 0.6 is 0 Å². The SMILES string of the molecule is Cc1oc(C(=O)N(CC(=O)O)C2CC2)cc1S(=O)(=O)N1CCCC1. The minimum atomic E-state index is -3.68. The first-order valence-electron chi connectivity index (χ1n) is 7.94. The molecule has 2 fully saturated rings. The molecule has 9 heteroatoms. The number of carbonyl (C=O) groups is 2. The third-order valence-electron chi connectivity index (χ3n) is 4.32. The maximum absolute atomic E-state index is 12.6. The summed E-state index contributed by atoms with van der Waals surface area (Å²) in [5.74, 6) is -1.66. The van der Waals surface area contributed by atoms with Crippen molar-refractivity contribution in [1.29, 1.82) is 0 Å². The number of sulfonamides is 1. The zero-order valence-corrected chi connectivity index (χ0v) is 14.2. The Morgan fingerprint density at radius 2 is 1.96 bits per heavy atom. The Balaban J connectivity index is 1.87. The van der Waals surface area contributed by atoms with E-state index in [4.69, 9.17) is 9.52 Å². The summed E-state index contributed by atoms with van der Waals surface area (Å²) in [6.45, 7) is 2.00. The Morgan fingerprint density at radius 3 is 2.50 bits per heavy atom. The lowest BCUT2D eigenvalue weighted by Crippen LogP contribution is -2.37. The van der Waals surface area contributed by atoms with Gasteiger partial charge in [0, 0.05) is 25.2 Å². The molecule has 1 amide bonds. The van der Waals surface area contributed by atoms with Gasteiger partial charge in [0.2, 0.25) is 10.0 Å². The summed E-state index contributed by atoms with van der Waals surface area (Å²) in [6, 6.07) is 1.11. The number of aliphatic carboxylic acids is 1. The molecule has 0 atom stereocenters. The van der Waals surface area contributed by atoms with Crippen molar-refractivity contribution in [3.8, 4) is 0 Å². The van der Waals surface area contributed by atoms with Crippen LogP contribution in [0.3, 0.4) is 0 Å². The number of hydrogen-bond donors (Lipinski definition) is 1. The molecule has 2 aliphatic rings. The van der Waals surface area contributed by atoms with Crippen LogP contribution in [-0.4, -0.2) is 60.3 Å². The topological polar surface area (TPSA) is 108 Å². The summed E-state index contributed by atoms with van der Waals surface area (Å²) >= 11 is 0. The molecule has 0 spiro atoms. The van der Waals surface area contributed by atoms with Gasteiger partial charge in [-0.3, -0.25) is 9.59 Å². The molecule has 1 aliphatic carbocycles. The van der Waals surface area contributed by atoms with Crippen LogP contribution in [-0.2, 0) is 14.8 Å². The fourth-order valence-electron chi connectivity index (χ4n) is 2.93.